The minimum Gasteiger partial charge on any atom is -0.465 e. The highest BCUT2D eigenvalue weighted by Crippen LogP contribution is 2.44. The summed E-state index contributed by atoms with van der Waals surface area (Å²) in [5, 5.41) is 0. The van der Waals surface area contributed by atoms with Gasteiger partial charge in [0.05, 0.1) is 24.5 Å². The highest BCUT2D eigenvalue weighted by Gasteiger charge is 2.42. The number of rotatable bonds is 8. The van der Waals surface area contributed by atoms with Crippen molar-refractivity contribution >= 4 is 11.9 Å². The zero-order valence-corrected chi connectivity index (χ0v) is 25.8. The lowest BCUT2D eigenvalue weighted by atomic mass is 9.75. The number of amides is 1. The topological polar surface area (TPSA) is 67.7 Å². The summed E-state index contributed by atoms with van der Waals surface area (Å²) in [6.45, 7) is 3.62. The number of hydrogen-bond donors (Lipinski definition) is 0. The molecule has 4 atom stereocenters. The maximum atomic E-state index is 14.7. The molecule has 1 unspecified atom stereocenters. The Balaban J connectivity index is 1.22. The van der Waals surface area contributed by atoms with E-state index in [1.54, 1.807) is 0 Å². The molecule has 45 heavy (non-hydrogen) atoms. The Morgan fingerprint density at radius 1 is 0.822 bits per heavy atom. The van der Waals surface area contributed by atoms with Gasteiger partial charge in [-0.25, -0.2) is 4.98 Å². The van der Waals surface area contributed by atoms with E-state index in [2.05, 4.69) is 81.1 Å². The first kappa shape index (κ1) is 29.5. The molecule has 0 N–H and O–H groups in total. The Bertz CT molecular complexity index is 1590. The van der Waals surface area contributed by atoms with E-state index >= 15 is 0 Å². The van der Waals surface area contributed by atoms with E-state index in [0.717, 1.165) is 69.4 Å². The Morgan fingerprint density at radius 3 is 2.22 bits per heavy atom. The number of carbonyl (C=O) groups excluding carboxylic acids is 2. The second-order valence-corrected chi connectivity index (χ2v) is 12.9. The normalized spacial score (nSPS) is 24.0. The number of cyclic esters (lactones) is 1. The first-order valence-corrected chi connectivity index (χ1v) is 16.6. The standard InChI is InChI=1S/C38H42N4O3/c43-37(41-22-21-40(25-29-14-6-2-7-15-29)26-31(41)24-28-12-4-1-5-13-28)35-36(30-16-8-3-9-17-30)42(27-39-35)34-19-11-10-18-32(34)33-20-23-45-38(33)44/h1-9,12-17,27,31-34H,10-11,18-26H2/t31-,32-,33?,34+/m1/s1. The second-order valence-electron chi connectivity index (χ2n) is 12.9. The van der Waals surface area contributed by atoms with Crippen LogP contribution in [0.5, 0.6) is 0 Å². The van der Waals surface area contributed by atoms with E-state index in [1.165, 1.54) is 11.1 Å². The largest absolute Gasteiger partial charge is 0.465 e. The molecular formula is C38H42N4O3. The van der Waals surface area contributed by atoms with Gasteiger partial charge in [-0.05, 0) is 42.7 Å². The maximum Gasteiger partial charge on any atom is 0.309 e. The van der Waals surface area contributed by atoms with Gasteiger partial charge in [0.1, 0.15) is 0 Å². The molecule has 232 valence electrons. The van der Waals surface area contributed by atoms with E-state index in [1.807, 2.05) is 30.6 Å². The number of aromatic nitrogens is 2. The molecule has 1 aliphatic carbocycles. The van der Waals surface area contributed by atoms with Crippen molar-refractivity contribution in [3.05, 3.63) is 114 Å². The monoisotopic (exact) mass is 602 g/mol. The third-order valence-electron chi connectivity index (χ3n) is 10.1. The van der Waals surface area contributed by atoms with Crippen molar-refractivity contribution in [1.82, 2.24) is 19.4 Å². The molecule has 1 saturated carbocycles. The summed E-state index contributed by atoms with van der Waals surface area (Å²) in [5.74, 6) is 0.0105. The minimum atomic E-state index is -0.0894. The van der Waals surface area contributed by atoms with Gasteiger partial charge < -0.3 is 14.2 Å². The fraction of sp³-hybridized carbons (Fsp3) is 0.395. The number of esters is 1. The molecular weight excluding hydrogens is 560 g/mol. The molecule has 4 aromatic rings. The number of hydrogen-bond acceptors (Lipinski definition) is 5. The molecule has 0 radical (unpaired) electrons. The van der Waals surface area contributed by atoms with Gasteiger partial charge in [0.25, 0.3) is 5.91 Å². The number of ether oxygens (including phenoxy) is 1. The van der Waals surface area contributed by atoms with E-state index in [0.29, 0.717) is 18.8 Å². The minimum absolute atomic E-state index is 0.0134. The quantitative estimate of drug-likeness (QED) is 0.218. The molecule has 3 heterocycles. The summed E-state index contributed by atoms with van der Waals surface area (Å²) in [4.78, 5) is 36.9. The molecule has 7 nitrogen and oxygen atoms in total. The first-order valence-electron chi connectivity index (χ1n) is 16.6. The van der Waals surface area contributed by atoms with Crippen molar-refractivity contribution in [2.75, 3.05) is 26.2 Å². The Hall–Kier alpha value is -4.23. The summed E-state index contributed by atoms with van der Waals surface area (Å²) in [7, 11) is 0. The lowest BCUT2D eigenvalue weighted by Gasteiger charge is -2.41. The van der Waals surface area contributed by atoms with Gasteiger partial charge in [0, 0.05) is 43.8 Å². The number of benzene rings is 3. The lowest BCUT2D eigenvalue weighted by Crippen LogP contribution is -2.55. The fourth-order valence-corrected chi connectivity index (χ4v) is 7.87. The zero-order valence-electron chi connectivity index (χ0n) is 25.8. The van der Waals surface area contributed by atoms with Crippen LogP contribution in [0.15, 0.2) is 97.3 Å². The molecule has 3 aliphatic rings. The Labute approximate surface area is 265 Å². The van der Waals surface area contributed by atoms with E-state index in [-0.39, 0.29) is 35.8 Å². The summed E-state index contributed by atoms with van der Waals surface area (Å²) in [5.41, 5.74) is 4.88. The first-order chi connectivity index (χ1) is 22.2. The Kier molecular flexibility index (Phi) is 8.78. The SMILES string of the molecule is O=C1OCCC1[C@H]1CCCC[C@@H]1n1cnc(C(=O)N2CCN(Cc3ccccc3)C[C@H]2Cc2ccccc2)c1-c1ccccc1. The van der Waals surface area contributed by atoms with E-state index in [4.69, 9.17) is 9.72 Å². The molecule has 0 spiro atoms. The van der Waals surface area contributed by atoms with Crippen LogP contribution in [0.4, 0.5) is 0 Å². The zero-order chi connectivity index (χ0) is 30.6. The summed E-state index contributed by atoms with van der Waals surface area (Å²) >= 11 is 0. The second kappa shape index (κ2) is 13.4. The van der Waals surface area contributed by atoms with Crippen LogP contribution in [0.1, 0.15) is 59.8 Å². The molecule has 7 rings (SSSR count). The molecule has 0 bridgehead atoms. The average Bonchev–Trinajstić information content (AvgIpc) is 3.72. The van der Waals surface area contributed by atoms with Gasteiger partial charge >= 0.3 is 5.97 Å². The summed E-state index contributed by atoms with van der Waals surface area (Å²) < 4.78 is 7.65. The van der Waals surface area contributed by atoms with Crippen LogP contribution in [0.2, 0.25) is 0 Å². The van der Waals surface area contributed by atoms with Crippen LogP contribution in [-0.4, -0.2) is 63.5 Å². The Morgan fingerprint density at radius 2 is 1.51 bits per heavy atom. The predicted octanol–water partition coefficient (Wildman–Crippen LogP) is 6.41. The molecule has 1 amide bonds. The van der Waals surface area contributed by atoms with Crippen LogP contribution >= 0.6 is 0 Å². The van der Waals surface area contributed by atoms with Crippen LogP contribution in [-0.2, 0) is 22.5 Å². The third kappa shape index (κ3) is 6.32. The molecule has 3 aromatic carbocycles. The van der Waals surface area contributed by atoms with Crippen LogP contribution in [0.25, 0.3) is 11.3 Å². The van der Waals surface area contributed by atoms with Crippen molar-refractivity contribution in [2.45, 2.75) is 57.2 Å². The van der Waals surface area contributed by atoms with Gasteiger partial charge in [0.15, 0.2) is 5.69 Å². The number of imidazole rings is 1. The van der Waals surface area contributed by atoms with Crippen molar-refractivity contribution < 1.29 is 14.3 Å². The summed E-state index contributed by atoms with van der Waals surface area (Å²) in [6, 6.07) is 31.4. The molecule has 2 aliphatic heterocycles. The molecule has 7 heteroatoms. The highest BCUT2D eigenvalue weighted by atomic mass is 16.5. The van der Waals surface area contributed by atoms with Gasteiger partial charge in [-0.2, -0.15) is 0 Å². The number of carbonyl (C=O) groups is 2. The number of piperazine rings is 1. The highest BCUT2D eigenvalue weighted by molar-refractivity contribution is 5.98. The van der Waals surface area contributed by atoms with Gasteiger partial charge in [-0.1, -0.05) is 104 Å². The fourth-order valence-electron chi connectivity index (χ4n) is 7.87. The smallest absolute Gasteiger partial charge is 0.309 e. The van der Waals surface area contributed by atoms with Crippen LogP contribution in [0.3, 0.4) is 0 Å². The van der Waals surface area contributed by atoms with Crippen LogP contribution in [0, 0.1) is 11.8 Å². The lowest BCUT2D eigenvalue weighted by molar-refractivity contribution is -0.143. The summed E-state index contributed by atoms with van der Waals surface area (Å²) in [6.07, 6.45) is 7.59. The maximum absolute atomic E-state index is 14.7. The number of nitrogens with zero attached hydrogens (tertiary/aromatic N) is 4. The van der Waals surface area contributed by atoms with Crippen molar-refractivity contribution in [3.8, 4) is 11.3 Å². The van der Waals surface area contributed by atoms with Crippen molar-refractivity contribution in [3.63, 3.8) is 0 Å². The third-order valence-corrected chi connectivity index (χ3v) is 10.1. The van der Waals surface area contributed by atoms with Crippen molar-refractivity contribution in [1.29, 1.82) is 0 Å². The predicted molar refractivity (Wildman–Crippen MR) is 174 cm³/mol. The van der Waals surface area contributed by atoms with Crippen LogP contribution < -0.4 is 0 Å². The van der Waals surface area contributed by atoms with Gasteiger partial charge in [0.2, 0.25) is 0 Å². The molecule has 3 fully saturated rings. The average molecular weight is 603 g/mol. The van der Waals surface area contributed by atoms with Gasteiger partial charge in [-0.15, -0.1) is 0 Å². The molecule has 1 aromatic heterocycles. The van der Waals surface area contributed by atoms with Gasteiger partial charge in [-0.3, -0.25) is 14.5 Å². The van der Waals surface area contributed by atoms with E-state index in [9.17, 15) is 9.59 Å². The molecule has 2 saturated heterocycles. The van der Waals surface area contributed by atoms with Crippen molar-refractivity contribution in [2.24, 2.45) is 11.8 Å². The van der Waals surface area contributed by atoms with E-state index < -0.39 is 0 Å².